The molecule has 3 rings (SSSR count). The molecule has 1 heterocycles. The highest BCUT2D eigenvalue weighted by atomic mass is 32.2. The zero-order valence-electron chi connectivity index (χ0n) is 20.4. The SMILES string of the molecule is CCn1c(SCC(=O)Nc2ccc(C(=O)O)cc2)nnc1C(NC(=O)c1cccc([N+](=O)[O-])c1)C(C)C. The molecule has 0 radical (unpaired) electrons. The molecule has 12 nitrogen and oxygen atoms in total. The molecule has 2 aromatic carbocycles. The van der Waals surface area contributed by atoms with Crippen LogP contribution in [0.25, 0.3) is 0 Å². The first-order chi connectivity index (χ1) is 17.6. The number of thioether (sulfide) groups is 1. The Balaban J connectivity index is 1.70. The highest BCUT2D eigenvalue weighted by Crippen LogP contribution is 2.26. The summed E-state index contributed by atoms with van der Waals surface area (Å²) in [6.07, 6.45) is 0. The van der Waals surface area contributed by atoms with Crippen LogP contribution in [0.4, 0.5) is 11.4 Å². The topological polar surface area (TPSA) is 169 Å². The lowest BCUT2D eigenvalue weighted by molar-refractivity contribution is -0.384. The van der Waals surface area contributed by atoms with Crippen LogP contribution in [-0.4, -0.2) is 48.3 Å². The number of nitrogens with zero attached hydrogens (tertiary/aromatic N) is 4. The molecule has 1 aromatic heterocycles. The Labute approximate surface area is 216 Å². The third-order valence-electron chi connectivity index (χ3n) is 5.36. The molecule has 0 saturated carbocycles. The van der Waals surface area contributed by atoms with Gasteiger partial charge in [0.05, 0.1) is 22.3 Å². The second-order valence-corrected chi connectivity index (χ2v) is 9.25. The fraction of sp³-hybridized carbons (Fsp3) is 0.292. The molecule has 0 saturated heterocycles. The molecule has 3 aromatic rings. The molecule has 1 atom stereocenters. The molecule has 3 N–H and O–H groups in total. The van der Waals surface area contributed by atoms with E-state index >= 15 is 0 Å². The predicted molar refractivity (Wildman–Crippen MR) is 137 cm³/mol. The second-order valence-electron chi connectivity index (χ2n) is 8.31. The Kier molecular flexibility index (Phi) is 8.95. The van der Waals surface area contributed by atoms with Crippen LogP contribution < -0.4 is 10.6 Å². The lowest BCUT2D eigenvalue weighted by Gasteiger charge is -2.22. The van der Waals surface area contributed by atoms with E-state index in [4.69, 9.17) is 5.11 Å². The fourth-order valence-corrected chi connectivity index (χ4v) is 4.28. The van der Waals surface area contributed by atoms with Crippen LogP contribution in [0.2, 0.25) is 0 Å². The first-order valence-corrected chi connectivity index (χ1v) is 12.3. The molecule has 13 heteroatoms. The van der Waals surface area contributed by atoms with Gasteiger partial charge in [-0.05, 0) is 43.2 Å². The number of nitrogens with one attached hydrogen (secondary N) is 2. The maximum absolute atomic E-state index is 12.9. The van der Waals surface area contributed by atoms with E-state index < -0.39 is 22.8 Å². The molecule has 194 valence electrons. The predicted octanol–water partition coefficient (Wildman–Crippen LogP) is 3.76. The lowest BCUT2D eigenvalue weighted by atomic mass is 10.0. The van der Waals surface area contributed by atoms with E-state index in [0.29, 0.717) is 23.2 Å². The fourth-order valence-electron chi connectivity index (χ4n) is 3.47. The Morgan fingerprint density at radius 3 is 2.41 bits per heavy atom. The summed E-state index contributed by atoms with van der Waals surface area (Å²) >= 11 is 1.17. The van der Waals surface area contributed by atoms with Crippen molar-refractivity contribution in [2.45, 2.75) is 38.5 Å². The number of nitro groups is 1. The number of aromatic carboxylic acids is 1. The second kappa shape index (κ2) is 12.1. The van der Waals surface area contributed by atoms with Gasteiger partial charge in [0.15, 0.2) is 11.0 Å². The average molecular weight is 527 g/mol. The van der Waals surface area contributed by atoms with Crippen molar-refractivity contribution in [1.82, 2.24) is 20.1 Å². The molecular weight excluding hydrogens is 500 g/mol. The van der Waals surface area contributed by atoms with Crippen molar-refractivity contribution in [1.29, 1.82) is 0 Å². The Morgan fingerprint density at radius 2 is 1.81 bits per heavy atom. The number of hydrogen-bond donors (Lipinski definition) is 3. The van der Waals surface area contributed by atoms with Gasteiger partial charge in [-0.25, -0.2) is 4.79 Å². The highest BCUT2D eigenvalue weighted by Gasteiger charge is 2.26. The zero-order chi connectivity index (χ0) is 27.1. The molecule has 2 amide bonds. The van der Waals surface area contributed by atoms with Crippen LogP contribution in [-0.2, 0) is 11.3 Å². The minimum atomic E-state index is -1.05. The van der Waals surface area contributed by atoms with Crippen molar-refractivity contribution in [3.05, 3.63) is 75.6 Å². The number of carboxylic acids is 1. The van der Waals surface area contributed by atoms with Crippen molar-refractivity contribution < 1.29 is 24.4 Å². The molecule has 0 aliphatic heterocycles. The summed E-state index contributed by atoms with van der Waals surface area (Å²) < 4.78 is 1.80. The summed E-state index contributed by atoms with van der Waals surface area (Å²) in [6, 6.07) is 10.8. The third-order valence-corrected chi connectivity index (χ3v) is 6.33. The number of carbonyl (C=O) groups is 3. The number of hydrogen-bond acceptors (Lipinski definition) is 8. The lowest BCUT2D eigenvalue weighted by Crippen LogP contribution is -2.33. The van der Waals surface area contributed by atoms with E-state index in [0.717, 1.165) is 0 Å². The van der Waals surface area contributed by atoms with Gasteiger partial charge in [0.2, 0.25) is 5.91 Å². The third kappa shape index (κ3) is 6.91. The van der Waals surface area contributed by atoms with Gasteiger partial charge in [-0.1, -0.05) is 31.7 Å². The summed E-state index contributed by atoms with van der Waals surface area (Å²) in [5.74, 6) is -1.37. The smallest absolute Gasteiger partial charge is 0.335 e. The summed E-state index contributed by atoms with van der Waals surface area (Å²) in [5, 5.41) is 34.6. The standard InChI is InChI=1S/C24H26N6O6S/c1-4-29-21(20(14(2)3)26-22(32)16-6-5-7-18(12-16)30(35)36)27-28-24(29)37-13-19(31)25-17-10-8-15(9-11-17)23(33)34/h5-12,14,20H,4,13H2,1-3H3,(H,25,31)(H,26,32)(H,33,34). The first kappa shape index (κ1) is 27.3. The van der Waals surface area contributed by atoms with Crippen molar-refractivity contribution in [2.24, 2.45) is 5.92 Å². The van der Waals surface area contributed by atoms with Gasteiger partial charge in [-0.3, -0.25) is 19.7 Å². The van der Waals surface area contributed by atoms with Crippen LogP contribution in [0.15, 0.2) is 53.7 Å². The molecule has 37 heavy (non-hydrogen) atoms. The summed E-state index contributed by atoms with van der Waals surface area (Å²) in [4.78, 5) is 46.8. The van der Waals surface area contributed by atoms with E-state index in [9.17, 15) is 24.5 Å². The van der Waals surface area contributed by atoms with Gasteiger partial charge in [-0.15, -0.1) is 10.2 Å². The van der Waals surface area contributed by atoms with Crippen LogP contribution in [0.5, 0.6) is 0 Å². The minimum absolute atomic E-state index is 0.0329. The average Bonchev–Trinajstić information content (AvgIpc) is 3.28. The van der Waals surface area contributed by atoms with Crippen LogP contribution in [0.1, 0.15) is 53.4 Å². The maximum Gasteiger partial charge on any atom is 0.335 e. The van der Waals surface area contributed by atoms with Gasteiger partial charge in [0, 0.05) is 29.9 Å². The minimum Gasteiger partial charge on any atom is -0.478 e. The number of anilines is 1. The van der Waals surface area contributed by atoms with Crippen LogP contribution >= 0.6 is 11.8 Å². The normalized spacial score (nSPS) is 11.7. The van der Waals surface area contributed by atoms with Crippen molar-refractivity contribution >= 4 is 40.9 Å². The Morgan fingerprint density at radius 1 is 1.11 bits per heavy atom. The highest BCUT2D eigenvalue weighted by molar-refractivity contribution is 7.99. The van der Waals surface area contributed by atoms with Crippen molar-refractivity contribution in [3.8, 4) is 0 Å². The Hall–Kier alpha value is -4.26. The quantitative estimate of drug-likeness (QED) is 0.191. The molecule has 0 bridgehead atoms. The number of aromatic nitrogens is 3. The molecule has 0 aliphatic carbocycles. The summed E-state index contributed by atoms with van der Waals surface area (Å²) in [7, 11) is 0. The largest absolute Gasteiger partial charge is 0.478 e. The monoisotopic (exact) mass is 526 g/mol. The molecule has 0 aliphatic rings. The number of rotatable bonds is 11. The van der Waals surface area contributed by atoms with Gasteiger partial charge in [0.25, 0.3) is 11.6 Å². The number of nitro benzene ring substituents is 1. The van der Waals surface area contributed by atoms with Crippen LogP contribution in [0, 0.1) is 16.0 Å². The van der Waals surface area contributed by atoms with Gasteiger partial charge >= 0.3 is 5.97 Å². The zero-order valence-corrected chi connectivity index (χ0v) is 21.2. The number of non-ortho nitro benzene ring substituents is 1. The number of amides is 2. The Bertz CT molecular complexity index is 1310. The van der Waals surface area contributed by atoms with E-state index in [1.54, 1.807) is 4.57 Å². The number of carbonyl (C=O) groups excluding carboxylic acids is 2. The molecule has 0 spiro atoms. The van der Waals surface area contributed by atoms with Gasteiger partial charge in [-0.2, -0.15) is 0 Å². The summed E-state index contributed by atoms with van der Waals surface area (Å²) in [5.41, 5.74) is 0.565. The van der Waals surface area contributed by atoms with Crippen molar-refractivity contribution in [2.75, 3.05) is 11.1 Å². The maximum atomic E-state index is 12.9. The molecular formula is C24H26N6O6S. The number of benzene rings is 2. The van der Waals surface area contributed by atoms with Crippen LogP contribution in [0.3, 0.4) is 0 Å². The van der Waals surface area contributed by atoms with Gasteiger partial charge in [0.1, 0.15) is 0 Å². The van der Waals surface area contributed by atoms with E-state index in [2.05, 4.69) is 20.8 Å². The van der Waals surface area contributed by atoms with E-state index in [1.807, 2.05) is 20.8 Å². The van der Waals surface area contributed by atoms with E-state index in [-0.39, 0.29) is 34.4 Å². The van der Waals surface area contributed by atoms with Crippen molar-refractivity contribution in [3.63, 3.8) is 0 Å². The molecule has 0 fully saturated rings. The van der Waals surface area contributed by atoms with E-state index in [1.165, 1.54) is 60.3 Å². The van der Waals surface area contributed by atoms with Gasteiger partial charge < -0.3 is 20.3 Å². The summed E-state index contributed by atoms with van der Waals surface area (Å²) in [6.45, 7) is 6.19. The first-order valence-electron chi connectivity index (χ1n) is 11.3. The molecule has 1 unspecified atom stereocenters. The number of carboxylic acid groups (broad SMARTS) is 1.